The van der Waals surface area contributed by atoms with Crippen molar-refractivity contribution in [2.24, 2.45) is 0 Å². The summed E-state index contributed by atoms with van der Waals surface area (Å²) in [5.74, 6) is -0.0549. The summed E-state index contributed by atoms with van der Waals surface area (Å²) in [7, 11) is 0. The molecule has 0 atom stereocenters. The quantitative estimate of drug-likeness (QED) is 0.931. The number of carbonyl (C=O) groups excluding carboxylic acids is 1. The van der Waals surface area contributed by atoms with Crippen LogP contribution in [0, 0.1) is 0 Å². The minimum absolute atomic E-state index is 0.0549. The van der Waals surface area contributed by atoms with Crippen molar-refractivity contribution < 1.29 is 4.79 Å². The van der Waals surface area contributed by atoms with Crippen LogP contribution in [0.4, 0.5) is 0 Å². The molecule has 0 radical (unpaired) electrons. The fourth-order valence-electron chi connectivity index (χ4n) is 2.83. The van der Waals surface area contributed by atoms with Crippen molar-refractivity contribution in [3.8, 4) is 0 Å². The number of amides is 1. The van der Waals surface area contributed by atoms with Crippen LogP contribution in [0.25, 0.3) is 0 Å². The van der Waals surface area contributed by atoms with Gasteiger partial charge in [0.2, 0.25) is 0 Å². The Morgan fingerprint density at radius 3 is 2.58 bits per heavy atom. The van der Waals surface area contributed by atoms with E-state index < -0.39 is 0 Å². The van der Waals surface area contributed by atoms with Crippen LogP contribution in [0.5, 0.6) is 0 Å². The Labute approximate surface area is 116 Å². The van der Waals surface area contributed by atoms with Crippen LogP contribution in [0.1, 0.15) is 41.0 Å². The molecular formula is C15H16N2OS. The molecule has 0 spiro atoms. The standard InChI is InChI=1S/C15H16N2OS/c18-13(14-16-10-11-19-14)17-15(8-4-5-9-15)12-6-2-1-3-7-12/h1-3,6-7,10-11H,4-5,8-9H2,(H,17,18). The van der Waals surface area contributed by atoms with E-state index in [-0.39, 0.29) is 11.4 Å². The van der Waals surface area contributed by atoms with Gasteiger partial charge in [0, 0.05) is 11.6 Å². The number of nitrogens with zero attached hydrogens (tertiary/aromatic N) is 1. The average molecular weight is 272 g/mol. The maximum absolute atomic E-state index is 12.3. The third-order valence-electron chi connectivity index (χ3n) is 3.76. The lowest BCUT2D eigenvalue weighted by atomic mass is 9.88. The summed E-state index contributed by atoms with van der Waals surface area (Å²) in [5, 5.41) is 5.60. The second kappa shape index (κ2) is 5.13. The first kappa shape index (κ1) is 12.4. The van der Waals surface area contributed by atoms with Gasteiger partial charge in [0.1, 0.15) is 0 Å². The minimum atomic E-state index is -0.204. The van der Waals surface area contributed by atoms with Crippen LogP contribution in [0.3, 0.4) is 0 Å². The van der Waals surface area contributed by atoms with E-state index in [1.54, 1.807) is 6.20 Å². The van der Waals surface area contributed by atoms with Crippen LogP contribution in [-0.2, 0) is 5.54 Å². The van der Waals surface area contributed by atoms with Gasteiger partial charge < -0.3 is 5.32 Å². The van der Waals surface area contributed by atoms with E-state index in [1.807, 2.05) is 23.6 Å². The van der Waals surface area contributed by atoms with Gasteiger partial charge in [-0.2, -0.15) is 0 Å². The first-order chi connectivity index (χ1) is 9.30. The molecule has 1 aliphatic rings. The first-order valence-electron chi connectivity index (χ1n) is 6.58. The van der Waals surface area contributed by atoms with Crippen LogP contribution < -0.4 is 5.32 Å². The third kappa shape index (κ3) is 2.40. The lowest BCUT2D eigenvalue weighted by molar-refractivity contribution is 0.0898. The summed E-state index contributed by atoms with van der Waals surface area (Å²) in [6, 6.07) is 10.3. The Balaban J connectivity index is 1.88. The Bertz CT molecular complexity index is 545. The molecule has 1 fully saturated rings. The molecule has 0 unspecified atom stereocenters. The zero-order valence-corrected chi connectivity index (χ0v) is 11.5. The van der Waals surface area contributed by atoms with Gasteiger partial charge in [-0.3, -0.25) is 4.79 Å². The molecule has 0 bridgehead atoms. The fourth-order valence-corrected chi connectivity index (χ4v) is 3.36. The molecule has 4 heteroatoms. The van der Waals surface area contributed by atoms with Crippen molar-refractivity contribution in [1.82, 2.24) is 10.3 Å². The van der Waals surface area contributed by atoms with Crippen molar-refractivity contribution in [3.63, 3.8) is 0 Å². The van der Waals surface area contributed by atoms with Gasteiger partial charge in [-0.05, 0) is 18.4 Å². The van der Waals surface area contributed by atoms with Crippen LogP contribution in [0.15, 0.2) is 41.9 Å². The van der Waals surface area contributed by atoms with Crippen molar-refractivity contribution in [3.05, 3.63) is 52.5 Å². The molecule has 0 aliphatic heterocycles. The van der Waals surface area contributed by atoms with E-state index >= 15 is 0 Å². The summed E-state index contributed by atoms with van der Waals surface area (Å²) < 4.78 is 0. The molecule has 3 rings (SSSR count). The van der Waals surface area contributed by atoms with Gasteiger partial charge in [0.25, 0.3) is 5.91 Å². The molecule has 1 aromatic carbocycles. The van der Waals surface area contributed by atoms with Crippen LogP contribution in [-0.4, -0.2) is 10.9 Å². The second-order valence-corrected chi connectivity index (χ2v) is 5.84. The molecule has 1 heterocycles. The van der Waals surface area contributed by atoms with E-state index in [9.17, 15) is 4.79 Å². The third-order valence-corrected chi connectivity index (χ3v) is 4.53. The van der Waals surface area contributed by atoms with Gasteiger partial charge in [-0.15, -0.1) is 11.3 Å². The number of nitrogens with one attached hydrogen (secondary N) is 1. The molecule has 3 nitrogen and oxygen atoms in total. The predicted molar refractivity (Wildman–Crippen MR) is 76.2 cm³/mol. The summed E-state index contributed by atoms with van der Waals surface area (Å²) in [6.07, 6.45) is 6.01. The molecule has 0 saturated heterocycles. The van der Waals surface area contributed by atoms with Gasteiger partial charge in [-0.25, -0.2) is 4.98 Å². The molecule has 1 aromatic heterocycles. The average Bonchev–Trinajstić information content (AvgIpc) is 3.11. The van der Waals surface area contributed by atoms with E-state index in [1.165, 1.54) is 16.9 Å². The van der Waals surface area contributed by atoms with Gasteiger partial charge in [0.15, 0.2) is 5.01 Å². The van der Waals surface area contributed by atoms with Crippen molar-refractivity contribution in [1.29, 1.82) is 0 Å². The van der Waals surface area contributed by atoms with E-state index in [2.05, 4.69) is 22.4 Å². The van der Waals surface area contributed by atoms with E-state index in [4.69, 9.17) is 0 Å². The summed E-state index contributed by atoms with van der Waals surface area (Å²) in [5.41, 5.74) is 1.00. The Kier molecular flexibility index (Phi) is 3.34. The monoisotopic (exact) mass is 272 g/mol. The number of rotatable bonds is 3. The van der Waals surface area contributed by atoms with Crippen LogP contribution >= 0.6 is 11.3 Å². The smallest absolute Gasteiger partial charge is 0.280 e. The minimum Gasteiger partial charge on any atom is -0.340 e. The Hall–Kier alpha value is -1.68. The first-order valence-corrected chi connectivity index (χ1v) is 7.46. The highest BCUT2D eigenvalue weighted by Gasteiger charge is 2.37. The zero-order valence-electron chi connectivity index (χ0n) is 10.6. The number of carbonyl (C=O) groups is 1. The second-order valence-electron chi connectivity index (χ2n) is 4.95. The molecule has 1 saturated carbocycles. The fraction of sp³-hybridized carbons (Fsp3) is 0.333. The molecule has 1 amide bonds. The van der Waals surface area contributed by atoms with Crippen molar-refractivity contribution in [2.75, 3.05) is 0 Å². The molecule has 1 N–H and O–H groups in total. The predicted octanol–water partition coefficient (Wildman–Crippen LogP) is 3.34. The molecule has 98 valence electrons. The number of aromatic nitrogens is 1. The normalized spacial score (nSPS) is 17.3. The molecule has 1 aliphatic carbocycles. The number of hydrogen-bond acceptors (Lipinski definition) is 3. The van der Waals surface area contributed by atoms with E-state index in [0.29, 0.717) is 5.01 Å². The van der Waals surface area contributed by atoms with Crippen LogP contribution in [0.2, 0.25) is 0 Å². The van der Waals surface area contributed by atoms with Crippen molar-refractivity contribution >= 4 is 17.2 Å². The maximum Gasteiger partial charge on any atom is 0.280 e. The number of thiazole rings is 1. The number of hydrogen-bond donors (Lipinski definition) is 1. The maximum atomic E-state index is 12.3. The zero-order chi connectivity index (χ0) is 13.1. The molecule has 2 aromatic rings. The highest BCUT2D eigenvalue weighted by Crippen LogP contribution is 2.38. The van der Waals surface area contributed by atoms with E-state index in [0.717, 1.165) is 25.7 Å². The van der Waals surface area contributed by atoms with Gasteiger partial charge >= 0.3 is 0 Å². The lowest BCUT2D eigenvalue weighted by Crippen LogP contribution is -2.43. The summed E-state index contributed by atoms with van der Waals surface area (Å²) >= 11 is 1.39. The van der Waals surface area contributed by atoms with Gasteiger partial charge in [0.05, 0.1) is 5.54 Å². The summed E-state index contributed by atoms with van der Waals surface area (Å²) in [4.78, 5) is 16.4. The highest BCUT2D eigenvalue weighted by atomic mass is 32.1. The SMILES string of the molecule is O=C(NC1(c2ccccc2)CCCC1)c1nccs1. The van der Waals surface area contributed by atoms with Crippen molar-refractivity contribution in [2.45, 2.75) is 31.2 Å². The largest absolute Gasteiger partial charge is 0.340 e. The van der Waals surface area contributed by atoms with Gasteiger partial charge in [-0.1, -0.05) is 43.2 Å². The topological polar surface area (TPSA) is 42.0 Å². The Morgan fingerprint density at radius 1 is 1.21 bits per heavy atom. The lowest BCUT2D eigenvalue weighted by Gasteiger charge is -2.30. The highest BCUT2D eigenvalue weighted by molar-refractivity contribution is 7.11. The Morgan fingerprint density at radius 2 is 1.95 bits per heavy atom. The molecular weight excluding hydrogens is 256 g/mol. The number of benzene rings is 1. The summed E-state index contributed by atoms with van der Waals surface area (Å²) in [6.45, 7) is 0. The molecule has 19 heavy (non-hydrogen) atoms.